The average Bonchev–Trinajstić information content (AvgIpc) is 2.06. The molecule has 0 heterocycles. The fraction of sp³-hybridized carbons (Fsp3) is 0.222. The number of aryl methyl sites for hydroxylation is 1. The summed E-state index contributed by atoms with van der Waals surface area (Å²) in [7, 11) is 0. The predicted octanol–water partition coefficient (Wildman–Crippen LogP) is 2.31. The topological polar surface area (TPSA) is 63.3 Å². The first-order chi connectivity index (χ1) is 6.09. The molecular weight excluding hydrogens is 316 g/mol. The standard InChI is InChI=1S/C9H10INO2.ClH/c10-8-3-2-7(11)5-6(8)1-4-9(12)13;/h2-3,5H,1,4,11H2,(H,12,13);1H. The van der Waals surface area contributed by atoms with Crippen molar-refractivity contribution in [1.82, 2.24) is 0 Å². The van der Waals surface area contributed by atoms with E-state index in [1.54, 1.807) is 0 Å². The Morgan fingerprint density at radius 3 is 2.71 bits per heavy atom. The lowest BCUT2D eigenvalue weighted by Gasteiger charge is -2.03. The van der Waals surface area contributed by atoms with Crippen molar-refractivity contribution in [3.63, 3.8) is 0 Å². The molecule has 0 aliphatic rings. The Balaban J connectivity index is 0.00000169. The molecule has 5 heteroatoms. The highest BCUT2D eigenvalue weighted by Gasteiger charge is 2.03. The largest absolute Gasteiger partial charge is 0.481 e. The fourth-order valence-electron chi connectivity index (χ4n) is 1.03. The Kier molecular flexibility index (Phi) is 5.87. The SMILES string of the molecule is Cl.Nc1ccc(I)c(CCC(=O)O)c1. The van der Waals surface area contributed by atoms with Crippen LogP contribution in [-0.2, 0) is 11.2 Å². The summed E-state index contributed by atoms with van der Waals surface area (Å²) in [5.74, 6) is -0.779. The van der Waals surface area contributed by atoms with Crippen molar-refractivity contribution >= 4 is 46.7 Å². The molecule has 78 valence electrons. The highest BCUT2D eigenvalue weighted by molar-refractivity contribution is 14.1. The van der Waals surface area contributed by atoms with E-state index in [2.05, 4.69) is 22.6 Å². The van der Waals surface area contributed by atoms with Crippen LogP contribution in [0.25, 0.3) is 0 Å². The Hall–Kier alpha value is -0.490. The third-order valence-electron chi connectivity index (χ3n) is 1.68. The van der Waals surface area contributed by atoms with Crippen LogP contribution in [0.4, 0.5) is 5.69 Å². The summed E-state index contributed by atoms with van der Waals surface area (Å²) in [4.78, 5) is 10.3. The molecule has 0 unspecified atom stereocenters. The number of hydrogen-bond acceptors (Lipinski definition) is 2. The second-order valence-corrected chi connectivity index (χ2v) is 3.91. The van der Waals surface area contributed by atoms with Crippen molar-refractivity contribution in [2.75, 3.05) is 5.73 Å². The summed E-state index contributed by atoms with van der Waals surface area (Å²) in [5, 5.41) is 8.50. The van der Waals surface area contributed by atoms with Crippen LogP contribution in [-0.4, -0.2) is 11.1 Å². The van der Waals surface area contributed by atoms with Crippen LogP contribution in [0.3, 0.4) is 0 Å². The predicted molar refractivity (Wildman–Crippen MR) is 66.8 cm³/mol. The summed E-state index contributed by atoms with van der Waals surface area (Å²) in [6.45, 7) is 0. The van der Waals surface area contributed by atoms with Gasteiger partial charge in [-0.3, -0.25) is 4.79 Å². The quantitative estimate of drug-likeness (QED) is 0.661. The van der Waals surface area contributed by atoms with E-state index in [1.807, 2.05) is 18.2 Å². The number of carboxylic acids is 1. The number of benzene rings is 1. The Morgan fingerprint density at radius 1 is 1.50 bits per heavy atom. The summed E-state index contributed by atoms with van der Waals surface area (Å²) >= 11 is 2.18. The summed E-state index contributed by atoms with van der Waals surface area (Å²) in [5.41, 5.74) is 7.27. The van der Waals surface area contributed by atoms with E-state index < -0.39 is 5.97 Å². The lowest BCUT2D eigenvalue weighted by molar-refractivity contribution is -0.136. The van der Waals surface area contributed by atoms with E-state index in [0.29, 0.717) is 12.1 Å². The number of halogens is 2. The van der Waals surface area contributed by atoms with Crippen LogP contribution in [0.5, 0.6) is 0 Å². The zero-order valence-corrected chi connectivity index (χ0v) is 10.3. The number of nitrogen functional groups attached to an aromatic ring is 1. The van der Waals surface area contributed by atoms with Gasteiger partial charge in [0.2, 0.25) is 0 Å². The smallest absolute Gasteiger partial charge is 0.303 e. The van der Waals surface area contributed by atoms with Gasteiger partial charge in [-0.25, -0.2) is 0 Å². The molecule has 0 aliphatic heterocycles. The average molecular weight is 328 g/mol. The van der Waals surface area contributed by atoms with E-state index >= 15 is 0 Å². The molecule has 0 fully saturated rings. The van der Waals surface area contributed by atoms with E-state index in [0.717, 1.165) is 9.13 Å². The van der Waals surface area contributed by atoms with Gasteiger partial charge in [-0.05, 0) is 52.8 Å². The highest BCUT2D eigenvalue weighted by Crippen LogP contribution is 2.17. The zero-order valence-electron chi connectivity index (χ0n) is 7.37. The molecule has 0 radical (unpaired) electrons. The van der Waals surface area contributed by atoms with Gasteiger partial charge >= 0.3 is 5.97 Å². The summed E-state index contributed by atoms with van der Waals surface area (Å²) in [6.07, 6.45) is 0.693. The van der Waals surface area contributed by atoms with Crippen LogP contribution in [0.1, 0.15) is 12.0 Å². The maximum absolute atomic E-state index is 10.3. The molecule has 1 rings (SSSR count). The number of carboxylic acid groups (broad SMARTS) is 1. The maximum Gasteiger partial charge on any atom is 0.303 e. The molecule has 1 aromatic rings. The van der Waals surface area contributed by atoms with Gasteiger partial charge in [0, 0.05) is 15.7 Å². The van der Waals surface area contributed by atoms with E-state index in [4.69, 9.17) is 10.8 Å². The van der Waals surface area contributed by atoms with Gasteiger partial charge in [0.05, 0.1) is 0 Å². The monoisotopic (exact) mass is 327 g/mol. The molecule has 0 bridgehead atoms. The maximum atomic E-state index is 10.3. The normalized spacial score (nSPS) is 9.21. The molecule has 3 N–H and O–H groups in total. The van der Waals surface area contributed by atoms with Gasteiger partial charge in [0.25, 0.3) is 0 Å². The van der Waals surface area contributed by atoms with Gasteiger partial charge < -0.3 is 10.8 Å². The molecule has 0 aliphatic carbocycles. The number of carbonyl (C=O) groups is 1. The molecule has 0 saturated carbocycles. The Morgan fingerprint density at radius 2 is 2.14 bits per heavy atom. The Labute approximate surface area is 102 Å². The van der Waals surface area contributed by atoms with Crippen molar-refractivity contribution in [1.29, 1.82) is 0 Å². The number of rotatable bonds is 3. The molecule has 0 atom stereocenters. The van der Waals surface area contributed by atoms with Crippen LogP contribution in [0.2, 0.25) is 0 Å². The van der Waals surface area contributed by atoms with E-state index in [-0.39, 0.29) is 18.8 Å². The van der Waals surface area contributed by atoms with Gasteiger partial charge in [-0.2, -0.15) is 0 Å². The number of hydrogen-bond donors (Lipinski definition) is 2. The molecule has 14 heavy (non-hydrogen) atoms. The molecule has 0 spiro atoms. The first kappa shape index (κ1) is 13.5. The lowest BCUT2D eigenvalue weighted by atomic mass is 10.1. The third kappa shape index (κ3) is 4.15. The van der Waals surface area contributed by atoms with E-state index in [9.17, 15) is 4.79 Å². The van der Waals surface area contributed by atoms with Crippen LogP contribution < -0.4 is 5.73 Å². The molecule has 3 nitrogen and oxygen atoms in total. The Bertz CT molecular complexity index is 331. The molecular formula is C9H11ClINO2. The van der Waals surface area contributed by atoms with Crippen molar-refractivity contribution < 1.29 is 9.90 Å². The van der Waals surface area contributed by atoms with Gasteiger partial charge in [-0.15, -0.1) is 12.4 Å². The highest BCUT2D eigenvalue weighted by atomic mass is 127. The van der Waals surface area contributed by atoms with Crippen LogP contribution in [0, 0.1) is 3.57 Å². The van der Waals surface area contributed by atoms with Gasteiger partial charge in [0.15, 0.2) is 0 Å². The molecule has 0 amide bonds. The summed E-state index contributed by atoms with van der Waals surface area (Å²) < 4.78 is 1.06. The first-order valence-electron chi connectivity index (χ1n) is 3.85. The van der Waals surface area contributed by atoms with Gasteiger partial charge in [-0.1, -0.05) is 0 Å². The fourth-order valence-corrected chi connectivity index (χ4v) is 1.63. The van der Waals surface area contributed by atoms with Gasteiger partial charge in [0.1, 0.15) is 0 Å². The molecule has 1 aromatic carbocycles. The van der Waals surface area contributed by atoms with Crippen LogP contribution >= 0.6 is 35.0 Å². The minimum absolute atomic E-state index is 0. The lowest BCUT2D eigenvalue weighted by Crippen LogP contribution is -1.99. The van der Waals surface area contributed by atoms with Crippen LogP contribution in [0.15, 0.2) is 18.2 Å². The second kappa shape index (κ2) is 6.08. The summed E-state index contributed by atoms with van der Waals surface area (Å²) in [6, 6.07) is 5.53. The van der Waals surface area contributed by atoms with Crippen molar-refractivity contribution in [2.24, 2.45) is 0 Å². The first-order valence-corrected chi connectivity index (χ1v) is 4.93. The van der Waals surface area contributed by atoms with E-state index in [1.165, 1.54) is 0 Å². The van der Waals surface area contributed by atoms with Crippen molar-refractivity contribution in [3.05, 3.63) is 27.3 Å². The number of anilines is 1. The third-order valence-corrected chi connectivity index (χ3v) is 2.73. The molecule has 0 saturated heterocycles. The van der Waals surface area contributed by atoms with Crippen molar-refractivity contribution in [2.45, 2.75) is 12.8 Å². The number of nitrogens with two attached hydrogens (primary N) is 1. The minimum Gasteiger partial charge on any atom is -0.481 e. The number of aliphatic carboxylic acids is 1. The second-order valence-electron chi connectivity index (χ2n) is 2.74. The van der Waals surface area contributed by atoms with Crippen molar-refractivity contribution in [3.8, 4) is 0 Å². The minimum atomic E-state index is -0.779. The zero-order chi connectivity index (χ0) is 9.84. The molecule has 0 aromatic heterocycles.